The number of benzene rings is 1. The lowest BCUT2D eigenvalue weighted by Gasteiger charge is -2.17. The molecule has 0 bridgehead atoms. The van der Waals surface area contributed by atoms with E-state index in [1.165, 1.54) is 4.90 Å². The molecule has 16 heavy (non-hydrogen) atoms. The second kappa shape index (κ2) is 7.58. The molecule has 0 aromatic heterocycles. The third-order valence-electron chi connectivity index (χ3n) is 2.63. The van der Waals surface area contributed by atoms with Gasteiger partial charge in [0.05, 0.1) is 7.11 Å². The van der Waals surface area contributed by atoms with Gasteiger partial charge in [0.2, 0.25) is 0 Å². The van der Waals surface area contributed by atoms with Crippen molar-refractivity contribution in [2.24, 2.45) is 0 Å². The van der Waals surface area contributed by atoms with Crippen LogP contribution in [0.4, 0.5) is 0 Å². The van der Waals surface area contributed by atoms with Gasteiger partial charge in [0.15, 0.2) is 0 Å². The van der Waals surface area contributed by atoms with E-state index in [0.717, 1.165) is 31.1 Å². The summed E-state index contributed by atoms with van der Waals surface area (Å²) >= 11 is 1.86. The maximum atomic E-state index is 5.32. The molecule has 0 unspecified atom stereocenters. The predicted molar refractivity (Wildman–Crippen MR) is 71.5 cm³/mol. The molecule has 0 saturated heterocycles. The molecule has 0 heterocycles. The summed E-state index contributed by atoms with van der Waals surface area (Å²) in [6, 6.07) is 8.20. The fraction of sp³-hybridized carbons (Fsp3) is 0.538. The molecule has 3 heteroatoms. The van der Waals surface area contributed by atoms with E-state index in [2.05, 4.69) is 30.9 Å². The minimum atomic E-state index is 0.979. The quantitative estimate of drug-likeness (QED) is 0.678. The minimum Gasteiger partial charge on any atom is -0.496 e. The highest BCUT2D eigenvalue weighted by atomic mass is 32.2. The standard InChI is InChI=1S/C13H21NOS/c1-4-14(5-2)10-11-16-13-9-7-6-8-12(13)15-3/h6-9H,4-5,10-11H2,1-3H3. The molecular formula is C13H21NOS. The lowest BCUT2D eigenvalue weighted by Crippen LogP contribution is -2.25. The smallest absolute Gasteiger partial charge is 0.132 e. The SMILES string of the molecule is CCN(CC)CCSc1ccccc1OC. The van der Waals surface area contributed by atoms with E-state index in [1.54, 1.807) is 7.11 Å². The van der Waals surface area contributed by atoms with Crippen molar-refractivity contribution in [1.29, 1.82) is 0 Å². The Bertz CT molecular complexity index is 300. The zero-order valence-corrected chi connectivity index (χ0v) is 11.2. The molecule has 90 valence electrons. The number of rotatable bonds is 7. The normalized spacial score (nSPS) is 10.8. The zero-order chi connectivity index (χ0) is 11.8. The first-order valence-corrected chi connectivity index (χ1v) is 6.78. The molecule has 2 nitrogen and oxygen atoms in total. The van der Waals surface area contributed by atoms with Crippen molar-refractivity contribution in [3.8, 4) is 5.75 Å². The Kier molecular flexibility index (Phi) is 6.34. The van der Waals surface area contributed by atoms with E-state index in [9.17, 15) is 0 Å². The minimum absolute atomic E-state index is 0.979. The molecule has 0 atom stereocenters. The Balaban J connectivity index is 2.42. The summed E-state index contributed by atoms with van der Waals surface area (Å²) in [5, 5.41) is 0. The number of para-hydroxylation sites is 1. The van der Waals surface area contributed by atoms with Crippen molar-refractivity contribution in [1.82, 2.24) is 4.90 Å². The van der Waals surface area contributed by atoms with Crippen molar-refractivity contribution >= 4 is 11.8 Å². The van der Waals surface area contributed by atoms with E-state index < -0.39 is 0 Å². The maximum Gasteiger partial charge on any atom is 0.132 e. The monoisotopic (exact) mass is 239 g/mol. The van der Waals surface area contributed by atoms with Crippen LogP contribution in [-0.4, -0.2) is 37.4 Å². The highest BCUT2D eigenvalue weighted by molar-refractivity contribution is 7.99. The van der Waals surface area contributed by atoms with Crippen molar-refractivity contribution < 1.29 is 4.74 Å². The van der Waals surface area contributed by atoms with Gasteiger partial charge in [0.1, 0.15) is 5.75 Å². The molecule has 1 aromatic carbocycles. The van der Waals surface area contributed by atoms with E-state index in [1.807, 2.05) is 23.9 Å². The van der Waals surface area contributed by atoms with Crippen LogP contribution < -0.4 is 4.74 Å². The van der Waals surface area contributed by atoms with Crippen LogP contribution in [0.5, 0.6) is 5.75 Å². The number of methoxy groups -OCH3 is 1. The van der Waals surface area contributed by atoms with Crippen LogP contribution in [0.2, 0.25) is 0 Å². The van der Waals surface area contributed by atoms with E-state index in [-0.39, 0.29) is 0 Å². The first kappa shape index (κ1) is 13.4. The van der Waals surface area contributed by atoms with Gasteiger partial charge in [-0.2, -0.15) is 0 Å². The van der Waals surface area contributed by atoms with Crippen LogP contribution in [0.25, 0.3) is 0 Å². The summed E-state index contributed by atoms with van der Waals surface area (Å²) in [4.78, 5) is 3.67. The van der Waals surface area contributed by atoms with Gasteiger partial charge in [-0.05, 0) is 25.2 Å². The van der Waals surface area contributed by atoms with Crippen molar-refractivity contribution in [3.63, 3.8) is 0 Å². The van der Waals surface area contributed by atoms with Gasteiger partial charge in [-0.3, -0.25) is 0 Å². The number of hydrogen-bond donors (Lipinski definition) is 0. The highest BCUT2D eigenvalue weighted by Gasteiger charge is 2.03. The van der Waals surface area contributed by atoms with Crippen LogP contribution in [0.3, 0.4) is 0 Å². The molecule has 0 radical (unpaired) electrons. The Morgan fingerprint density at radius 1 is 1.19 bits per heavy atom. The van der Waals surface area contributed by atoms with Crippen molar-refractivity contribution in [2.45, 2.75) is 18.7 Å². The van der Waals surface area contributed by atoms with Crippen molar-refractivity contribution in [3.05, 3.63) is 24.3 Å². The third-order valence-corrected chi connectivity index (χ3v) is 3.66. The zero-order valence-electron chi connectivity index (χ0n) is 10.4. The van der Waals surface area contributed by atoms with E-state index in [0.29, 0.717) is 0 Å². The maximum absolute atomic E-state index is 5.32. The fourth-order valence-corrected chi connectivity index (χ4v) is 2.60. The second-order valence-electron chi connectivity index (χ2n) is 3.53. The van der Waals surface area contributed by atoms with Gasteiger partial charge in [-0.25, -0.2) is 0 Å². The Labute approximate surface area is 103 Å². The first-order chi connectivity index (χ1) is 7.81. The molecule has 1 aromatic rings. The number of nitrogens with zero attached hydrogens (tertiary/aromatic N) is 1. The molecule has 0 aliphatic heterocycles. The summed E-state index contributed by atoms with van der Waals surface area (Å²) < 4.78 is 5.32. The summed E-state index contributed by atoms with van der Waals surface area (Å²) in [6.07, 6.45) is 0. The molecule has 0 saturated carbocycles. The van der Waals surface area contributed by atoms with Gasteiger partial charge in [0.25, 0.3) is 0 Å². The average Bonchev–Trinajstić information content (AvgIpc) is 2.35. The second-order valence-corrected chi connectivity index (χ2v) is 4.66. The molecule has 0 aliphatic carbocycles. The molecule has 0 aliphatic rings. The van der Waals surface area contributed by atoms with Gasteiger partial charge in [-0.15, -0.1) is 11.8 Å². The fourth-order valence-electron chi connectivity index (χ4n) is 1.56. The van der Waals surface area contributed by atoms with E-state index >= 15 is 0 Å². The topological polar surface area (TPSA) is 12.5 Å². The lowest BCUT2D eigenvalue weighted by molar-refractivity contribution is 0.324. The molecule has 0 N–H and O–H groups in total. The summed E-state index contributed by atoms with van der Waals surface area (Å²) in [5.74, 6) is 2.09. The summed E-state index contributed by atoms with van der Waals surface area (Å²) in [5.41, 5.74) is 0. The van der Waals surface area contributed by atoms with Crippen LogP contribution in [0, 0.1) is 0 Å². The Morgan fingerprint density at radius 2 is 1.88 bits per heavy atom. The first-order valence-electron chi connectivity index (χ1n) is 5.80. The predicted octanol–water partition coefficient (Wildman–Crippen LogP) is 3.13. The molecular weight excluding hydrogens is 218 g/mol. The third kappa shape index (κ3) is 4.06. The summed E-state index contributed by atoms with van der Waals surface area (Å²) in [6.45, 7) is 7.80. The number of hydrogen-bond acceptors (Lipinski definition) is 3. The molecule has 0 fully saturated rings. The van der Waals surface area contributed by atoms with Crippen LogP contribution in [-0.2, 0) is 0 Å². The number of thioether (sulfide) groups is 1. The van der Waals surface area contributed by atoms with Crippen molar-refractivity contribution in [2.75, 3.05) is 32.5 Å². The highest BCUT2D eigenvalue weighted by Crippen LogP contribution is 2.28. The summed E-state index contributed by atoms with van der Waals surface area (Å²) in [7, 11) is 1.73. The lowest BCUT2D eigenvalue weighted by atomic mass is 10.3. The van der Waals surface area contributed by atoms with E-state index in [4.69, 9.17) is 4.74 Å². The Morgan fingerprint density at radius 3 is 2.50 bits per heavy atom. The van der Waals surface area contributed by atoms with Gasteiger partial charge in [0, 0.05) is 17.2 Å². The van der Waals surface area contributed by atoms with Crippen LogP contribution >= 0.6 is 11.8 Å². The average molecular weight is 239 g/mol. The van der Waals surface area contributed by atoms with Gasteiger partial charge >= 0.3 is 0 Å². The van der Waals surface area contributed by atoms with Gasteiger partial charge < -0.3 is 9.64 Å². The molecule has 0 amide bonds. The molecule has 1 rings (SSSR count). The largest absolute Gasteiger partial charge is 0.496 e. The Hall–Kier alpha value is -0.670. The number of ether oxygens (including phenoxy) is 1. The molecule has 0 spiro atoms. The van der Waals surface area contributed by atoms with Crippen LogP contribution in [0.1, 0.15) is 13.8 Å². The van der Waals surface area contributed by atoms with Gasteiger partial charge in [-0.1, -0.05) is 26.0 Å². The van der Waals surface area contributed by atoms with Crippen LogP contribution in [0.15, 0.2) is 29.2 Å².